The van der Waals surface area contributed by atoms with Crippen molar-refractivity contribution in [2.24, 2.45) is 0 Å². The molecule has 0 bridgehead atoms. The van der Waals surface area contributed by atoms with E-state index in [1.807, 2.05) is 6.07 Å². The maximum atomic E-state index is 5.28. The van der Waals surface area contributed by atoms with Crippen LogP contribution in [0.5, 0.6) is 5.75 Å². The Balaban J connectivity index is 2.50. The van der Waals surface area contributed by atoms with Gasteiger partial charge in [-0.05, 0) is 26.0 Å². The quantitative estimate of drug-likeness (QED) is 0.722. The van der Waals surface area contributed by atoms with E-state index in [0.29, 0.717) is 12.1 Å². The molecule has 1 aromatic rings. The summed E-state index contributed by atoms with van der Waals surface area (Å²) in [4.78, 5) is 4.65. The molecular weight excluding hydrogens is 200 g/mol. The monoisotopic (exact) mass is 220 g/mol. The maximum Gasteiger partial charge on any atom is 0.121 e. The SMILES string of the molecule is COc1ccc2c(c1)N(C)C(C)C(C)N2C. The molecule has 0 fully saturated rings. The van der Waals surface area contributed by atoms with E-state index in [0.717, 1.165) is 5.75 Å². The minimum atomic E-state index is 0.504. The summed E-state index contributed by atoms with van der Waals surface area (Å²) in [7, 11) is 6.01. The van der Waals surface area contributed by atoms with Crippen molar-refractivity contribution in [1.82, 2.24) is 0 Å². The van der Waals surface area contributed by atoms with Crippen molar-refractivity contribution in [3.8, 4) is 5.75 Å². The molecule has 2 unspecified atom stereocenters. The van der Waals surface area contributed by atoms with Crippen molar-refractivity contribution in [3.05, 3.63) is 18.2 Å². The second-order valence-corrected chi connectivity index (χ2v) is 4.56. The molecule has 0 amide bonds. The number of nitrogens with zero attached hydrogens (tertiary/aromatic N) is 2. The predicted octanol–water partition coefficient (Wildman–Crippen LogP) is 2.36. The molecule has 1 aliphatic heterocycles. The van der Waals surface area contributed by atoms with Gasteiger partial charge in [0.05, 0.1) is 18.5 Å². The summed E-state index contributed by atoms with van der Waals surface area (Å²) in [6.07, 6.45) is 0. The van der Waals surface area contributed by atoms with Gasteiger partial charge in [-0.1, -0.05) is 0 Å². The van der Waals surface area contributed by atoms with Crippen molar-refractivity contribution in [1.29, 1.82) is 0 Å². The summed E-state index contributed by atoms with van der Waals surface area (Å²) < 4.78 is 5.28. The largest absolute Gasteiger partial charge is 0.497 e. The summed E-state index contributed by atoms with van der Waals surface area (Å²) >= 11 is 0. The summed E-state index contributed by atoms with van der Waals surface area (Å²) in [6, 6.07) is 7.28. The fourth-order valence-electron chi connectivity index (χ4n) is 2.30. The Morgan fingerprint density at radius 3 is 2.12 bits per heavy atom. The molecular formula is C13H20N2O. The van der Waals surface area contributed by atoms with E-state index >= 15 is 0 Å². The van der Waals surface area contributed by atoms with Gasteiger partial charge >= 0.3 is 0 Å². The Hall–Kier alpha value is -1.38. The molecule has 1 aromatic carbocycles. The molecule has 0 spiro atoms. The Bertz CT molecular complexity index is 392. The second-order valence-electron chi connectivity index (χ2n) is 4.56. The highest BCUT2D eigenvalue weighted by molar-refractivity contribution is 5.75. The third-order valence-electron chi connectivity index (χ3n) is 3.86. The normalized spacial score (nSPS) is 24.3. The first-order valence-corrected chi connectivity index (χ1v) is 5.70. The van der Waals surface area contributed by atoms with Crippen LogP contribution >= 0.6 is 0 Å². The van der Waals surface area contributed by atoms with Crippen LogP contribution in [0.15, 0.2) is 18.2 Å². The summed E-state index contributed by atoms with van der Waals surface area (Å²) in [5, 5.41) is 0. The van der Waals surface area contributed by atoms with Gasteiger partial charge in [-0.25, -0.2) is 0 Å². The lowest BCUT2D eigenvalue weighted by molar-refractivity contribution is 0.414. The number of hydrogen-bond donors (Lipinski definition) is 0. The standard InChI is InChI=1S/C13H20N2O/c1-9-10(2)15(4)13-8-11(16-5)6-7-12(13)14(9)3/h6-10H,1-5H3. The van der Waals surface area contributed by atoms with Crippen LogP contribution in [-0.4, -0.2) is 33.3 Å². The maximum absolute atomic E-state index is 5.28. The van der Waals surface area contributed by atoms with E-state index < -0.39 is 0 Å². The zero-order valence-corrected chi connectivity index (χ0v) is 10.7. The molecule has 0 saturated carbocycles. The van der Waals surface area contributed by atoms with Gasteiger partial charge in [-0.15, -0.1) is 0 Å². The highest BCUT2D eigenvalue weighted by Gasteiger charge is 2.29. The topological polar surface area (TPSA) is 15.7 Å². The van der Waals surface area contributed by atoms with E-state index in [4.69, 9.17) is 4.74 Å². The Labute approximate surface area is 97.6 Å². The zero-order valence-electron chi connectivity index (χ0n) is 10.7. The van der Waals surface area contributed by atoms with Crippen molar-refractivity contribution in [2.75, 3.05) is 31.0 Å². The lowest BCUT2D eigenvalue weighted by Gasteiger charge is -2.45. The van der Waals surface area contributed by atoms with E-state index in [9.17, 15) is 0 Å². The van der Waals surface area contributed by atoms with Crippen LogP contribution in [0, 0.1) is 0 Å². The van der Waals surface area contributed by atoms with Gasteiger partial charge in [0, 0.05) is 32.2 Å². The number of ether oxygens (including phenoxy) is 1. The lowest BCUT2D eigenvalue weighted by atomic mass is 10.0. The molecule has 0 aromatic heterocycles. The van der Waals surface area contributed by atoms with Crippen molar-refractivity contribution >= 4 is 11.4 Å². The van der Waals surface area contributed by atoms with Crippen LogP contribution in [0.4, 0.5) is 11.4 Å². The van der Waals surface area contributed by atoms with E-state index in [1.54, 1.807) is 7.11 Å². The number of likely N-dealkylation sites (N-methyl/N-ethyl adjacent to an activating group) is 2. The van der Waals surface area contributed by atoms with Crippen LogP contribution in [0.2, 0.25) is 0 Å². The Morgan fingerprint density at radius 2 is 1.56 bits per heavy atom. The molecule has 88 valence electrons. The third kappa shape index (κ3) is 1.51. The van der Waals surface area contributed by atoms with E-state index in [1.165, 1.54) is 11.4 Å². The molecule has 2 rings (SSSR count). The van der Waals surface area contributed by atoms with Gasteiger partial charge in [0.15, 0.2) is 0 Å². The first-order chi connectivity index (χ1) is 7.56. The van der Waals surface area contributed by atoms with Crippen molar-refractivity contribution < 1.29 is 4.74 Å². The molecule has 1 heterocycles. The lowest BCUT2D eigenvalue weighted by Crippen LogP contribution is -2.50. The molecule has 3 heteroatoms. The van der Waals surface area contributed by atoms with Crippen molar-refractivity contribution in [3.63, 3.8) is 0 Å². The number of methoxy groups -OCH3 is 1. The highest BCUT2D eigenvalue weighted by atomic mass is 16.5. The highest BCUT2D eigenvalue weighted by Crippen LogP contribution is 2.38. The molecule has 2 atom stereocenters. The molecule has 0 N–H and O–H groups in total. The Morgan fingerprint density at radius 1 is 1.00 bits per heavy atom. The van der Waals surface area contributed by atoms with Crippen LogP contribution in [0.25, 0.3) is 0 Å². The minimum Gasteiger partial charge on any atom is -0.497 e. The van der Waals surface area contributed by atoms with E-state index in [-0.39, 0.29) is 0 Å². The van der Waals surface area contributed by atoms with Gasteiger partial charge in [0.2, 0.25) is 0 Å². The fourth-order valence-corrected chi connectivity index (χ4v) is 2.30. The van der Waals surface area contributed by atoms with Gasteiger partial charge in [0.25, 0.3) is 0 Å². The van der Waals surface area contributed by atoms with Crippen LogP contribution in [-0.2, 0) is 0 Å². The third-order valence-corrected chi connectivity index (χ3v) is 3.86. The van der Waals surface area contributed by atoms with Gasteiger partial charge in [0.1, 0.15) is 5.75 Å². The average Bonchev–Trinajstić information content (AvgIpc) is 2.33. The summed E-state index contributed by atoms with van der Waals surface area (Å²) in [5.41, 5.74) is 2.52. The molecule has 16 heavy (non-hydrogen) atoms. The number of hydrogen-bond acceptors (Lipinski definition) is 3. The number of anilines is 2. The average molecular weight is 220 g/mol. The fraction of sp³-hybridized carbons (Fsp3) is 0.538. The molecule has 0 radical (unpaired) electrons. The van der Waals surface area contributed by atoms with Gasteiger partial charge < -0.3 is 14.5 Å². The first-order valence-electron chi connectivity index (χ1n) is 5.70. The van der Waals surface area contributed by atoms with Gasteiger partial charge in [-0.3, -0.25) is 0 Å². The molecule has 0 aliphatic carbocycles. The van der Waals surface area contributed by atoms with Gasteiger partial charge in [-0.2, -0.15) is 0 Å². The number of rotatable bonds is 1. The van der Waals surface area contributed by atoms with Crippen LogP contribution in [0.3, 0.4) is 0 Å². The predicted molar refractivity (Wildman–Crippen MR) is 68.7 cm³/mol. The molecule has 1 aliphatic rings. The Kier molecular flexibility index (Phi) is 2.70. The zero-order chi connectivity index (χ0) is 11.9. The minimum absolute atomic E-state index is 0.504. The summed E-state index contributed by atoms with van der Waals surface area (Å²) in [5.74, 6) is 0.917. The van der Waals surface area contributed by atoms with Crippen LogP contribution in [0.1, 0.15) is 13.8 Å². The first kappa shape index (κ1) is 11.1. The van der Waals surface area contributed by atoms with Crippen LogP contribution < -0.4 is 14.5 Å². The number of fused-ring (bicyclic) bond motifs is 1. The van der Waals surface area contributed by atoms with Crippen molar-refractivity contribution in [2.45, 2.75) is 25.9 Å². The summed E-state index contributed by atoms with van der Waals surface area (Å²) in [6.45, 7) is 4.51. The molecule has 3 nitrogen and oxygen atoms in total. The second kappa shape index (κ2) is 3.89. The number of benzene rings is 1. The smallest absolute Gasteiger partial charge is 0.121 e. The van der Waals surface area contributed by atoms with E-state index in [2.05, 4.69) is 49.9 Å². The molecule has 0 saturated heterocycles.